The molecule has 4 nitrogen and oxygen atoms in total. The van der Waals surface area contributed by atoms with E-state index >= 15 is 0 Å². The quantitative estimate of drug-likeness (QED) is 0.650. The van der Waals surface area contributed by atoms with Crippen LogP contribution in [-0.2, 0) is 9.63 Å². The highest BCUT2D eigenvalue weighted by Gasteiger charge is 2.22. The maximum absolute atomic E-state index is 11.4. The van der Waals surface area contributed by atoms with E-state index in [9.17, 15) is 4.79 Å². The Morgan fingerprint density at radius 3 is 2.92 bits per heavy atom. The normalized spacial score (nSPS) is 20.7. The first kappa shape index (κ1) is 9.48. The Morgan fingerprint density at radius 2 is 2.42 bits per heavy atom. The smallest absolute Gasteiger partial charge is 0.262 e. The molecule has 0 spiro atoms. The van der Waals surface area contributed by atoms with Crippen LogP contribution in [0, 0.1) is 0 Å². The van der Waals surface area contributed by atoms with Crippen molar-refractivity contribution in [1.29, 1.82) is 0 Å². The predicted molar refractivity (Wildman–Crippen MR) is 45.2 cm³/mol. The first-order chi connectivity index (χ1) is 5.75. The van der Waals surface area contributed by atoms with Crippen molar-refractivity contribution in [1.82, 2.24) is 5.06 Å². The fourth-order valence-electron chi connectivity index (χ4n) is 1.13. The summed E-state index contributed by atoms with van der Waals surface area (Å²) in [4.78, 5) is 16.6. The van der Waals surface area contributed by atoms with Crippen molar-refractivity contribution in [3.8, 4) is 0 Å². The number of carbonyl (C=O) groups is 1. The molecule has 1 heterocycles. The Hall–Kier alpha value is -0.610. The molecule has 0 radical (unpaired) electrons. The van der Waals surface area contributed by atoms with Gasteiger partial charge < -0.3 is 5.73 Å². The molecule has 1 rings (SSSR count). The molecule has 0 aromatic rings. The van der Waals surface area contributed by atoms with E-state index in [1.165, 1.54) is 5.06 Å². The third-order valence-electron chi connectivity index (χ3n) is 2.01. The summed E-state index contributed by atoms with van der Waals surface area (Å²) in [5.74, 6) is -0.0859. The second-order valence-corrected chi connectivity index (χ2v) is 3.00. The van der Waals surface area contributed by atoms with Gasteiger partial charge in [-0.15, -0.1) is 0 Å². The molecular formula is C8H16N2O2. The Kier molecular flexibility index (Phi) is 3.49. The summed E-state index contributed by atoms with van der Waals surface area (Å²) in [5.41, 5.74) is 5.58. The number of nitrogens with two attached hydrogens (primary N) is 1. The summed E-state index contributed by atoms with van der Waals surface area (Å²) in [6, 6.07) is -0.400. The molecule has 1 aliphatic rings. The highest BCUT2D eigenvalue weighted by Crippen LogP contribution is 2.07. The number of hydrogen-bond donors (Lipinski definition) is 1. The predicted octanol–water partition coefficient (Wildman–Crippen LogP) is 0.278. The number of hydroxylamine groups is 2. The zero-order valence-corrected chi connectivity index (χ0v) is 7.45. The number of rotatable bonds is 2. The zero-order valence-electron chi connectivity index (χ0n) is 7.45. The van der Waals surface area contributed by atoms with Crippen LogP contribution in [0.3, 0.4) is 0 Å². The first-order valence-electron chi connectivity index (χ1n) is 4.45. The molecule has 70 valence electrons. The molecule has 0 aromatic heterocycles. The van der Waals surface area contributed by atoms with Gasteiger partial charge in [-0.2, -0.15) is 0 Å². The second kappa shape index (κ2) is 4.42. The van der Waals surface area contributed by atoms with Gasteiger partial charge in [0.1, 0.15) is 0 Å². The molecule has 2 N–H and O–H groups in total. The fourth-order valence-corrected chi connectivity index (χ4v) is 1.13. The summed E-state index contributed by atoms with van der Waals surface area (Å²) in [6.07, 6.45) is 2.71. The molecule has 1 amide bonds. The summed E-state index contributed by atoms with van der Waals surface area (Å²) in [5, 5.41) is 1.40. The molecule has 0 unspecified atom stereocenters. The highest BCUT2D eigenvalue weighted by atomic mass is 16.7. The van der Waals surface area contributed by atoms with E-state index in [-0.39, 0.29) is 5.91 Å². The van der Waals surface area contributed by atoms with Crippen LogP contribution in [-0.4, -0.2) is 30.2 Å². The Balaban J connectivity index is 2.39. The summed E-state index contributed by atoms with van der Waals surface area (Å²) in [7, 11) is 0. The minimum atomic E-state index is -0.400. The molecule has 0 saturated carbocycles. The van der Waals surface area contributed by atoms with Gasteiger partial charge in [0.2, 0.25) is 0 Å². The van der Waals surface area contributed by atoms with E-state index in [1.54, 1.807) is 0 Å². The van der Waals surface area contributed by atoms with E-state index < -0.39 is 6.04 Å². The van der Waals surface area contributed by atoms with Crippen molar-refractivity contribution >= 4 is 5.91 Å². The van der Waals surface area contributed by atoms with Crippen LogP contribution < -0.4 is 5.73 Å². The molecule has 1 aliphatic heterocycles. The van der Waals surface area contributed by atoms with Crippen molar-refractivity contribution in [2.75, 3.05) is 13.2 Å². The van der Waals surface area contributed by atoms with Crippen LogP contribution in [0.15, 0.2) is 0 Å². The molecule has 1 fully saturated rings. The standard InChI is InChI=1S/C8H16N2O2/c1-2-7(9)8(11)10-5-3-4-6-12-10/h7H,2-6,9H2,1H3/t7-/m0/s1. The van der Waals surface area contributed by atoms with Gasteiger partial charge in [0.15, 0.2) is 0 Å². The van der Waals surface area contributed by atoms with E-state index in [0.29, 0.717) is 19.6 Å². The van der Waals surface area contributed by atoms with Gasteiger partial charge in [-0.1, -0.05) is 6.92 Å². The molecule has 0 aromatic carbocycles. The average molecular weight is 172 g/mol. The average Bonchev–Trinajstić information content (AvgIpc) is 2.17. The third-order valence-corrected chi connectivity index (χ3v) is 2.01. The van der Waals surface area contributed by atoms with E-state index in [1.807, 2.05) is 6.92 Å². The van der Waals surface area contributed by atoms with Gasteiger partial charge in [-0.25, -0.2) is 5.06 Å². The number of hydrogen-bond acceptors (Lipinski definition) is 3. The van der Waals surface area contributed by atoms with E-state index in [0.717, 1.165) is 12.8 Å². The Morgan fingerprint density at radius 1 is 1.67 bits per heavy atom. The van der Waals surface area contributed by atoms with Crippen molar-refractivity contribution < 1.29 is 9.63 Å². The molecule has 1 atom stereocenters. The minimum absolute atomic E-state index is 0.0859. The monoisotopic (exact) mass is 172 g/mol. The lowest BCUT2D eigenvalue weighted by molar-refractivity contribution is -0.198. The van der Waals surface area contributed by atoms with Crippen LogP contribution >= 0.6 is 0 Å². The molecular weight excluding hydrogens is 156 g/mol. The van der Waals surface area contributed by atoms with Crippen molar-refractivity contribution in [3.63, 3.8) is 0 Å². The largest absolute Gasteiger partial charge is 0.320 e. The van der Waals surface area contributed by atoms with Gasteiger partial charge >= 0.3 is 0 Å². The zero-order chi connectivity index (χ0) is 8.97. The minimum Gasteiger partial charge on any atom is -0.320 e. The van der Waals surface area contributed by atoms with Crippen LogP contribution in [0.5, 0.6) is 0 Å². The topological polar surface area (TPSA) is 55.6 Å². The van der Waals surface area contributed by atoms with E-state index in [2.05, 4.69) is 0 Å². The van der Waals surface area contributed by atoms with Gasteiger partial charge in [-0.05, 0) is 19.3 Å². The maximum atomic E-state index is 11.4. The summed E-state index contributed by atoms with van der Waals surface area (Å²) in [6.45, 7) is 3.22. The first-order valence-corrected chi connectivity index (χ1v) is 4.45. The molecule has 0 bridgehead atoms. The lowest BCUT2D eigenvalue weighted by Crippen LogP contribution is -2.45. The van der Waals surface area contributed by atoms with Crippen LogP contribution in [0.1, 0.15) is 26.2 Å². The van der Waals surface area contributed by atoms with Gasteiger partial charge in [0.05, 0.1) is 12.6 Å². The van der Waals surface area contributed by atoms with Crippen molar-refractivity contribution in [2.45, 2.75) is 32.2 Å². The van der Waals surface area contributed by atoms with Gasteiger partial charge in [-0.3, -0.25) is 9.63 Å². The Labute approximate surface area is 72.6 Å². The molecule has 4 heteroatoms. The molecule has 12 heavy (non-hydrogen) atoms. The number of amides is 1. The molecule has 0 aliphatic carbocycles. The maximum Gasteiger partial charge on any atom is 0.262 e. The number of carbonyl (C=O) groups excluding carboxylic acids is 1. The van der Waals surface area contributed by atoms with Crippen LogP contribution in [0.2, 0.25) is 0 Å². The van der Waals surface area contributed by atoms with Crippen LogP contribution in [0.25, 0.3) is 0 Å². The Bertz CT molecular complexity index is 155. The van der Waals surface area contributed by atoms with Gasteiger partial charge in [0, 0.05) is 6.54 Å². The lowest BCUT2D eigenvalue weighted by atomic mass is 10.2. The van der Waals surface area contributed by atoms with Crippen LogP contribution in [0.4, 0.5) is 0 Å². The third kappa shape index (κ3) is 2.19. The van der Waals surface area contributed by atoms with Gasteiger partial charge in [0.25, 0.3) is 5.91 Å². The molecule has 1 saturated heterocycles. The van der Waals surface area contributed by atoms with Crippen molar-refractivity contribution in [2.24, 2.45) is 5.73 Å². The highest BCUT2D eigenvalue weighted by molar-refractivity contribution is 5.80. The second-order valence-electron chi connectivity index (χ2n) is 3.00. The van der Waals surface area contributed by atoms with E-state index in [4.69, 9.17) is 10.6 Å². The summed E-state index contributed by atoms with van der Waals surface area (Å²) >= 11 is 0. The SMILES string of the molecule is CC[C@H](N)C(=O)N1CCCCO1. The summed E-state index contributed by atoms with van der Waals surface area (Å²) < 4.78 is 0. The van der Waals surface area contributed by atoms with Crippen molar-refractivity contribution in [3.05, 3.63) is 0 Å². The lowest BCUT2D eigenvalue weighted by Gasteiger charge is -2.27. The number of nitrogens with zero attached hydrogens (tertiary/aromatic N) is 1. The fraction of sp³-hybridized carbons (Fsp3) is 0.875.